The first-order valence-electron chi connectivity index (χ1n) is 5.93. The lowest BCUT2D eigenvalue weighted by molar-refractivity contribution is -0.479. The Morgan fingerprint density at radius 3 is 2.20 bits per heavy atom. The lowest BCUT2D eigenvalue weighted by atomic mass is 10.1. The van der Waals surface area contributed by atoms with E-state index in [9.17, 15) is 23.7 Å². The van der Waals surface area contributed by atoms with Crippen molar-refractivity contribution in [2.45, 2.75) is 32.8 Å². The molecule has 0 amide bonds. The highest BCUT2D eigenvalue weighted by molar-refractivity contribution is 5.89. The summed E-state index contributed by atoms with van der Waals surface area (Å²) >= 11 is 0. The van der Waals surface area contributed by atoms with Gasteiger partial charge in [-0.15, -0.1) is 0 Å². The molecule has 5 nitrogen and oxygen atoms in total. The monoisotopic (exact) mass is 287 g/mol. The van der Waals surface area contributed by atoms with Crippen molar-refractivity contribution in [3.05, 3.63) is 45.0 Å². The van der Waals surface area contributed by atoms with Crippen molar-refractivity contribution in [2.75, 3.05) is 6.54 Å². The molecule has 0 aliphatic heterocycles. The highest BCUT2D eigenvalue weighted by Gasteiger charge is 2.21. The fourth-order valence-corrected chi connectivity index (χ4v) is 1.50. The Balaban J connectivity index is 2.98. The van der Waals surface area contributed by atoms with Crippen LogP contribution in [-0.2, 0) is 11.2 Å². The van der Waals surface area contributed by atoms with Crippen LogP contribution in [0, 0.1) is 21.7 Å². The highest BCUT2D eigenvalue weighted by Crippen LogP contribution is 2.19. The summed E-state index contributed by atoms with van der Waals surface area (Å²) in [5.41, 5.74) is -1.46. The maximum absolute atomic E-state index is 13.7. The van der Waals surface area contributed by atoms with Gasteiger partial charge < -0.3 is 4.74 Å². The molecule has 0 spiro atoms. The molecule has 0 radical (unpaired) electrons. The first-order valence-corrected chi connectivity index (χ1v) is 5.93. The van der Waals surface area contributed by atoms with Gasteiger partial charge in [0.25, 0.3) is 0 Å². The van der Waals surface area contributed by atoms with Crippen LogP contribution in [0.25, 0.3) is 0 Å². The van der Waals surface area contributed by atoms with Gasteiger partial charge in [-0.25, -0.2) is 13.6 Å². The van der Waals surface area contributed by atoms with Crippen LogP contribution in [0.3, 0.4) is 0 Å². The van der Waals surface area contributed by atoms with Crippen LogP contribution in [0.5, 0.6) is 0 Å². The van der Waals surface area contributed by atoms with E-state index in [2.05, 4.69) is 0 Å². The van der Waals surface area contributed by atoms with E-state index in [0.717, 1.165) is 12.1 Å². The van der Waals surface area contributed by atoms with Gasteiger partial charge in [0, 0.05) is 16.9 Å². The Morgan fingerprint density at radius 1 is 1.30 bits per heavy atom. The van der Waals surface area contributed by atoms with Crippen LogP contribution in [0.4, 0.5) is 8.78 Å². The number of hydrogen-bond acceptors (Lipinski definition) is 4. The number of rotatable bonds is 4. The summed E-state index contributed by atoms with van der Waals surface area (Å²) in [4.78, 5) is 21.2. The van der Waals surface area contributed by atoms with Gasteiger partial charge in [0.15, 0.2) is 0 Å². The molecule has 0 saturated carbocycles. The number of carbonyl (C=O) groups is 1. The average Bonchev–Trinajstić information content (AvgIpc) is 2.24. The largest absolute Gasteiger partial charge is 0.456 e. The van der Waals surface area contributed by atoms with E-state index in [4.69, 9.17) is 4.74 Å². The Bertz CT molecular complexity index is 515. The van der Waals surface area contributed by atoms with E-state index < -0.39 is 40.2 Å². The number of ether oxygens (including phenoxy) is 1. The Kier molecular flexibility index (Phi) is 4.75. The molecule has 0 N–H and O–H groups in total. The fraction of sp³-hybridized carbons (Fsp3) is 0.462. The predicted molar refractivity (Wildman–Crippen MR) is 67.1 cm³/mol. The fourth-order valence-electron chi connectivity index (χ4n) is 1.50. The molecule has 0 aliphatic rings. The molecule has 0 unspecified atom stereocenters. The van der Waals surface area contributed by atoms with Crippen molar-refractivity contribution >= 4 is 5.97 Å². The highest BCUT2D eigenvalue weighted by atomic mass is 19.1. The third kappa shape index (κ3) is 4.56. The molecule has 110 valence electrons. The summed E-state index contributed by atoms with van der Waals surface area (Å²) in [6.45, 7) is 4.30. The second kappa shape index (κ2) is 5.94. The molecule has 7 heteroatoms. The maximum Gasteiger partial charge on any atom is 0.338 e. The van der Waals surface area contributed by atoms with E-state index >= 15 is 0 Å². The Hall–Kier alpha value is -2.05. The van der Waals surface area contributed by atoms with Gasteiger partial charge in [-0.05, 0) is 32.9 Å². The minimum absolute atomic E-state index is 0.264. The molecule has 0 atom stereocenters. The van der Waals surface area contributed by atoms with Crippen molar-refractivity contribution in [1.29, 1.82) is 0 Å². The number of nitro groups is 1. The lowest BCUT2D eigenvalue weighted by Crippen LogP contribution is -2.24. The van der Waals surface area contributed by atoms with Crippen molar-refractivity contribution in [2.24, 2.45) is 0 Å². The summed E-state index contributed by atoms with van der Waals surface area (Å²) in [6.07, 6.45) is -0.376. The summed E-state index contributed by atoms with van der Waals surface area (Å²) in [5.74, 6) is -2.84. The Morgan fingerprint density at radius 2 is 1.80 bits per heavy atom. The van der Waals surface area contributed by atoms with Crippen molar-refractivity contribution in [3.8, 4) is 0 Å². The van der Waals surface area contributed by atoms with Gasteiger partial charge in [0.1, 0.15) is 17.2 Å². The minimum atomic E-state index is -0.993. The summed E-state index contributed by atoms with van der Waals surface area (Å²) in [7, 11) is 0. The molecule has 20 heavy (non-hydrogen) atoms. The zero-order valence-electron chi connectivity index (χ0n) is 11.4. The van der Waals surface area contributed by atoms with Gasteiger partial charge in [-0.3, -0.25) is 10.1 Å². The predicted octanol–water partition coefficient (Wildman–Crippen LogP) is 2.74. The van der Waals surface area contributed by atoms with Gasteiger partial charge in [-0.2, -0.15) is 0 Å². The molecule has 0 aromatic heterocycles. The summed E-state index contributed by atoms with van der Waals surface area (Å²) in [5, 5.41) is 10.2. The molecule has 0 fully saturated rings. The molecular formula is C13H15F2NO4. The smallest absolute Gasteiger partial charge is 0.338 e. The first-order chi connectivity index (χ1) is 9.10. The third-order valence-electron chi connectivity index (χ3n) is 2.32. The zero-order chi connectivity index (χ0) is 15.5. The normalized spacial score (nSPS) is 11.2. The second-order valence-corrected chi connectivity index (χ2v) is 5.23. The van der Waals surface area contributed by atoms with Crippen molar-refractivity contribution in [3.63, 3.8) is 0 Å². The van der Waals surface area contributed by atoms with Crippen LogP contribution < -0.4 is 0 Å². The molecule has 1 aromatic carbocycles. The number of benzene rings is 1. The molecule has 0 bridgehead atoms. The SMILES string of the molecule is CC(C)(C)OC(=O)c1cc(F)c(CC[N+](=O)[O-])c(F)c1. The van der Waals surface area contributed by atoms with Gasteiger partial charge in [0.2, 0.25) is 6.54 Å². The number of halogens is 2. The van der Waals surface area contributed by atoms with E-state index in [1.165, 1.54) is 0 Å². The minimum Gasteiger partial charge on any atom is -0.456 e. The van der Waals surface area contributed by atoms with E-state index in [1.807, 2.05) is 0 Å². The standard InChI is InChI=1S/C13H15F2NO4/c1-13(2,3)20-12(17)8-6-10(14)9(11(15)7-8)4-5-16(18)19/h6-7H,4-5H2,1-3H3. The van der Waals surface area contributed by atoms with Gasteiger partial charge in [-0.1, -0.05) is 0 Å². The molecular weight excluding hydrogens is 272 g/mol. The molecule has 0 heterocycles. The van der Waals surface area contributed by atoms with Crippen LogP contribution in [0.2, 0.25) is 0 Å². The second-order valence-electron chi connectivity index (χ2n) is 5.23. The topological polar surface area (TPSA) is 69.4 Å². The summed E-state index contributed by atoms with van der Waals surface area (Å²) in [6, 6.07) is 1.65. The van der Waals surface area contributed by atoms with E-state index in [1.54, 1.807) is 20.8 Å². The first kappa shape index (κ1) is 16.0. The van der Waals surface area contributed by atoms with Gasteiger partial charge >= 0.3 is 5.97 Å². The molecule has 1 rings (SSSR count). The average molecular weight is 287 g/mol. The van der Waals surface area contributed by atoms with Crippen molar-refractivity contribution in [1.82, 2.24) is 0 Å². The quantitative estimate of drug-likeness (QED) is 0.485. The number of carbonyl (C=O) groups excluding carboxylic acids is 1. The van der Waals surface area contributed by atoms with Crippen molar-refractivity contribution < 1.29 is 23.2 Å². The van der Waals surface area contributed by atoms with Crippen LogP contribution in [0.1, 0.15) is 36.7 Å². The van der Waals surface area contributed by atoms with Crippen LogP contribution in [-0.4, -0.2) is 23.0 Å². The number of hydrogen-bond donors (Lipinski definition) is 0. The van der Waals surface area contributed by atoms with E-state index in [0.29, 0.717) is 0 Å². The van der Waals surface area contributed by atoms with Crippen LogP contribution in [0.15, 0.2) is 12.1 Å². The maximum atomic E-state index is 13.7. The Labute approximate surface area is 114 Å². The van der Waals surface area contributed by atoms with Gasteiger partial charge in [0.05, 0.1) is 5.56 Å². The van der Waals surface area contributed by atoms with E-state index in [-0.39, 0.29) is 12.0 Å². The van der Waals surface area contributed by atoms with Crippen LogP contribution >= 0.6 is 0 Å². The third-order valence-corrected chi connectivity index (χ3v) is 2.32. The lowest BCUT2D eigenvalue weighted by Gasteiger charge is -2.19. The number of nitrogens with zero attached hydrogens (tertiary/aromatic N) is 1. The zero-order valence-corrected chi connectivity index (χ0v) is 11.4. The molecule has 1 aromatic rings. The molecule has 0 saturated heterocycles. The summed E-state index contributed by atoms with van der Waals surface area (Å²) < 4.78 is 32.4. The number of esters is 1. The molecule has 0 aliphatic carbocycles.